The molecule has 1 aromatic rings. The van der Waals surface area contributed by atoms with Crippen molar-refractivity contribution in [3.8, 4) is 0 Å². The normalized spacial score (nSPS) is 38.0. The van der Waals surface area contributed by atoms with E-state index in [0.29, 0.717) is 6.04 Å². The van der Waals surface area contributed by atoms with E-state index in [1.54, 1.807) is 0 Å². The molecule has 1 heterocycles. The fourth-order valence-corrected chi connectivity index (χ4v) is 4.08. The van der Waals surface area contributed by atoms with Crippen molar-refractivity contribution in [3.63, 3.8) is 0 Å². The Labute approximate surface area is 126 Å². The van der Waals surface area contributed by atoms with Gasteiger partial charge in [0.05, 0.1) is 12.7 Å². The molecule has 3 rings (SSSR count). The zero-order chi connectivity index (χ0) is 14.2. The average molecular weight is 294 g/mol. The highest BCUT2D eigenvalue weighted by Crippen LogP contribution is 2.38. The molecular formula is C17H24ClNO. The number of ether oxygens (including phenoxy) is 1. The standard InChI is InChI=1S/C17H24ClNO/c1-12-4-3-9-17(10-12)11-20-16(13(2)19-17)14-5-7-15(18)8-6-14/h5-8,12-13,16,19H,3-4,9-11H2,1-2H3. The van der Waals surface area contributed by atoms with Gasteiger partial charge in [-0.3, -0.25) is 0 Å². The molecule has 1 aliphatic heterocycles. The molecule has 3 heteroatoms. The van der Waals surface area contributed by atoms with Crippen LogP contribution in [0.1, 0.15) is 51.2 Å². The van der Waals surface area contributed by atoms with Gasteiger partial charge < -0.3 is 10.1 Å². The van der Waals surface area contributed by atoms with Gasteiger partial charge in [0.2, 0.25) is 0 Å². The van der Waals surface area contributed by atoms with Gasteiger partial charge in [-0.05, 0) is 43.4 Å². The van der Waals surface area contributed by atoms with Crippen molar-refractivity contribution in [2.45, 2.75) is 57.2 Å². The topological polar surface area (TPSA) is 21.3 Å². The summed E-state index contributed by atoms with van der Waals surface area (Å²) >= 11 is 5.96. The van der Waals surface area contributed by atoms with E-state index in [1.165, 1.54) is 31.2 Å². The van der Waals surface area contributed by atoms with Crippen LogP contribution < -0.4 is 5.32 Å². The third-order valence-corrected chi connectivity index (χ3v) is 5.07. The maximum absolute atomic E-state index is 6.25. The number of nitrogens with one attached hydrogen (secondary N) is 1. The van der Waals surface area contributed by atoms with Gasteiger partial charge in [-0.2, -0.15) is 0 Å². The Bertz CT molecular complexity index is 461. The lowest BCUT2D eigenvalue weighted by Gasteiger charge is -2.48. The van der Waals surface area contributed by atoms with E-state index in [1.807, 2.05) is 12.1 Å². The van der Waals surface area contributed by atoms with Gasteiger partial charge in [0.1, 0.15) is 0 Å². The molecule has 0 radical (unpaired) electrons. The molecule has 1 aromatic carbocycles. The summed E-state index contributed by atoms with van der Waals surface area (Å²) in [5.41, 5.74) is 1.42. The molecular weight excluding hydrogens is 270 g/mol. The molecule has 1 N–H and O–H groups in total. The molecule has 1 spiro atoms. The van der Waals surface area contributed by atoms with Crippen molar-refractivity contribution < 1.29 is 4.74 Å². The zero-order valence-electron chi connectivity index (χ0n) is 12.4. The molecule has 2 nitrogen and oxygen atoms in total. The zero-order valence-corrected chi connectivity index (χ0v) is 13.1. The van der Waals surface area contributed by atoms with Gasteiger partial charge in [0, 0.05) is 16.6 Å². The Hall–Kier alpha value is -0.570. The summed E-state index contributed by atoms with van der Waals surface area (Å²) in [7, 11) is 0. The summed E-state index contributed by atoms with van der Waals surface area (Å²) in [5, 5.41) is 4.65. The molecule has 1 saturated heterocycles. The first-order valence-corrected chi connectivity index (χ1v) is 8.11. The lowest BCUT2D eigenvalue weighted by molar-refractivity contribution is -0.0767. The second-order valence-corrected chi connectivity index (χ2v) is 7.13. The molecule has 0 bridgehead atoms. The Morgan fingerprint density at radius 3 is 2.65 bits per heavy atom. The van der Waals surface area contributed by atoms with Crippen LogP contribution in [0, 0.1) is 5.92 Å². The van der Waals surface area contributed by atoms with E-state index in [0.717, 1.165) is 17.5 Å². The smallest absolute Gasteiger partial charge is 0.0976 e. The van der Waals surface area contributed by atoms with Crippen LogP contribution in [0.15, 0.2) is 24.3 Å². The molecule has 1 saturated carbocycles. The van der Waals surface area contributed by atoms with Crippen molar-refractivity contribution in [1.29, 1.82) is 0 Å². The van der Waals surface area contributed by atoms with Crippen LogP contribution in [-0.2, 0) is 4.74 Å². The highest BCUT2D eigenvalue weighted by Gasteiger charge is 2.42. The third-order valence-electron chi connectivity index (χ3n) is 4.82. The van der Waals surface area contributed by atoms with E-state index in [-0.39, 0.29) is 11.6 Å². The van der Waals surface area contributed by atoms with Crippen LogP contribution in [0.3, 0.4) is 0 Å². The lowest BCUT2D eigenvalue weighted by Crippen LogP contribution is -2.60. The summed E-state index contributed by atoms with van der Waals surface area (Å²) < 4.78 is 6.25. The number of hydrogen-bond donors (Lipinski definition) is 1. The molecule has 4 unspecified atom stereocenters. The summed E-state index contributed by atoms with van der Waals surface area (Å²) in [6, 6.07) is 8.38. The van der Waals surface area contributed by atoms with E-state index < -0.39 is 0 Å². The number of hydrogen-bond acceptors (Lipinski definition) is 2. The van der Waals surface area contributed by atoms with Gasteiger partial charge in [-0.25, -0.2) is 0 Å². The predicted molar refractivity (Wildman–Crippen MR) is 83.1 cm³/mol. The first kappa shape index (κ1) is 14.4. The SMILES string of the molecule is CC1CCCC2(COC(c3ccc(Cl)cc3)C(C)N2)C1. The Morgan fingerprint density at radius 1 is 1.25 bits per heavy atom. The summed E-state index contributed by atoms with van der Waals surface area (Å²) in [4.78, 5) is 0. The van der Waals surface area contributed by atoms with Gasteiger partial charge in [0.15, 0.2) is 0 Å². The largest absolute Gasteiger partial charge is 0.370 e. The second kappa shape index (κ2) is 5.67. The van der Waals surface area contributed by atoms with Crippen LogP contribution in [0.2, 0.25) is 5.02 Å². The monoisotopic (exact) mass is 293 g/mol. The van der Waals surface area contributed by atoms with Gasteiger partial charge in [-0.15, -0.1) is 0 Å². The van der Waals surface area contributed by atoms with Crippen LogP contribution in [0.5, 0.6) is 0 Å². The summed E-state index contributed by atoms with van der Waals surface area (Å²) in [6.07, 6.45) is 5.30. The molecule has 4 atom stereocenters. The molecule has 0 aromatic heterocycles. The highest BCUT2D eigenvalue weighted by atomic mass is 35.5. The number of morpholine rings is 1. The van der Waals surface area contributed by atoms with Crippen molar-refractivity contribution in [1.82, 2.24) is 5.32 Å². The maximum atomic E-state index is 6.25. The second-order valence-electron chi connectivity index (χ2n) is 6.70. The Morgan fingerprint density at radius 2 is 2.00 bits per heavy atom. The predicted octanol–water partition coefficient (Wildman–Crippen LogP) is 4.34. The van der Waals surface area contributed by atoms with Crippen molar-refractivity contribution >= 4 is 11.6 Å². The number of halogens is 1. The minimum atomic E-state index is 0.134. The molecule has 20 heavy (non-hydrogen) atoms. The minimum Gasteiger partial charge on any atom is -0.370 e. The first-order valence-electron chi connectivity index (χ1n) is 7.73. The van der Waals surface area contributed by atoms with Crippen LogP contribution in [-0.4, -0.2) is 18.2 Å². The molecule has 0 amide bonds. The molecule has 110 valence electrons. The van der Waals surface area contributed by atoms with Gasteiger partial charge in [-0.1, -0.05) is 43.5 Å². The summed E-state index contributed by atoms with van der Waals surface area (Å²) in [5.74, 6) is 0.805. The van der Waals surface area contributed by atoms with E-state index in [9.17, 15) is 0 Å². The van der Waals surface area contributed by atoms with Gasteiger partial charge >= 0.3 is 0 Å². The van der Waals surface area contributed by atoms with Crippen molar-refractivity contribution in [2.75, 3.05) is 6.61 Å². The Kier molecular flexibility index (Phi) is 4.07. The minimum absolute atomic E-state index is 0.134. The number of benzene rings is 1. The Balaban J connectivity index is 1.72. The third kappa shape index (κ3) is 2.88. The van der Waals surface area contributed by atoms with Crippen molar-refractivity contribution in [3.05, 3.63) is 34.9 Å². The first-order chi connectivity index (χ1) is 9.58. The van der Waals surface area contributed by atoms with Crippen molar-refractivity contribution in [2.24, 2.45) is 5.92 Å². The molecule has 1 aliphatic carbocycles. The molecule has 2 fully saturated rings. The average Bonchev–Trinajstić information content (AvgIpc) is 2.40. The van der Waals surface area contributed by atoms with E-state index in [4.69, 9.17) is 16.3 Å². The van der Waals surface area contributed by atoms with Crippen LogP contribution >= 0.6 is 11.6 Å². The van der Waals surface area contributed by atoms with E-state index in [2.05, 4.69) is 31.3 Å². The lowest BCUT2D eigenvalue weighted by atomic mass is 9.75. The van der Waals surface area contributed by atoms with E-state index >= 15 is 0 Å². The quantitative estimate of drug-likeness (QED) is 0.832. The fourth-order valence-electron chi connectivity index (χ4n) is 3.95. The highest BCUT2D eigenvalue weighted by molar-refractivity contribution is 6.30. The van der Waals surface area contributed by atoms with Gasteiger partial charge in [0.25, 0.3) is 0 Å². The number of rotatable bonds is 1. The molecule has 2 aliphatic rings. The van der Waals surface area contributed by atoms with Crippen LogP contribution in [0.4, 0.5) is 0 Å². The summed E-state index contributed by atoms with van der Waals surface area (Å²) in [6.45, 7) is 5.42. The fraction of sp³-hybridized carbons (Fsp3) is 0.647. The maximum Gasteiger partial charge on any atom is 0.0976 e. The van der Waals surface area contributed by atoms with Crippen LogP contribution in [0.25, 0.3) is 0 Å².